The van der Waals surface area contributed by atoms with Crippen molar-refractivity contribution in [2.24, 2.45) is 0 Å². The lowest BCUT2D eigenvalue weighted by Gasteiger charge is -2.21. The minimum atomic E-state index is -5.93. The standard InChI is InChI=1S/C16H8B2F8N4O3/c17-16(18,32)33-8-1-2-30-9(3-8)28-11(14(21,22)23)10(12(30)31)7-4-27-29(5-7)6-13(19,20)15(24,25)26/h1-5,32H,6H2. The lowest BCUT2D eigenvalue weighted by Crippen LogP contribution is -2.40. The van der Waals surface area contributed by atoms with Crippen molar-refractivity contribution in [1.82, 2.24) is 19.2 Å². The van der Waals surface area contributed by atoms with Gasteiger partial charge in [-0.3, -0.25) is 13.9 Å². The second-order valence-electron chi connectivity index (χ2n) is 6.71. The third-order valence-corrected chi connectivity index (χ3v) is 4.05. The highest BCUT2D eigenvalue weighted by atomic mass is 19.4. The number of halogens is 8. The van der Waals surface area contributed by atoms with E-state index in [9.17, 15) is 45.0 Å². The van der Waals surface area contributed by atoms with Crippen LogP contribution < -0.4 is 10.3 Å². The van der Waals surface area contributed by atoms with E-state index in [4.69, 9.17) is 15.7 Å². The number of hydrogen-bond donors (Lipinski definition) is 1. The molecule has 17 heteroatoms. The quantitative estimate of drug-likeness (QED) is 0.346. The van der Waals surface area contributed by atoms with Gasteiger partial charge < -0.3 is 9.84 Å². The molecular weight excluding hydrogens is 470 g/mol. The van der Waals surface area contributed by atoms with Crippen LogP contribution in [0.2, 0.25) is 0 Å². The molecule has 0 fully saturated rings. The van der Waals surface area contributed by atoms with Crippen molar-refractivity contribution in [2.45, 2.75) is 30.4 Å². The Bertz CT molecular complexity index is 1250. The van der Waals surface area contributed by atoms with E-state index in [-0.39, 0.29) is 10.4 Å². The summed E-state index contributed by atoms with van der Waals surface area (Å²) in [5.74, 6) is -5.60. The summed E-state index contributed by atoms with van der Waals surface area (Å²) in [6.45, 7) is -2.03. The normalized spacial score (nSPS) is 13.5. The fourth-order valence-electron chi connectivity index (χ4n) is 2.71. The molecule has 0 amide bonds. The van der Waals surface area contributed by atoms with Gasteiger partial charge in [0.05, 0.1) is 11.8 Å². The van der Waals surface area contributed by atoms with E-state index in [2.05, 4.69) is 14.8 Å². The lowest BCUT2D eigenvalue weighted by molar-refractivity contribution is -0.287. The van der Waals surface area contributed by atoms with Crippen molar-refractivity contribution >= 4 is 21.3 Å². The lowest BCUT2D eigenvalue weighted by atomic mass is 9.76. The number of nitrogens with zero attached hydrogens (tertiary/aromatic N) is 4. The summed E-state index contributed by atoms with van der Waals surface area (Å²) in [6.07, 6.45) is -9.34. The average molecular weight is 478 g/mol. The van der Waals surface area contributed by atoms with Crippen LogP contribution in [0.4, 0.5) is 35.1 Å². The van der Waals surface area contributed by atoms with Gasteiger partial charge in [-0.15, -0.1) is 0 Å². The van der Waals surface area contributed by atoms with Crippen LogP contribution >= 0.6 is 0 Å². The zero-order chi connectivity index (χ0) is 25.0. The van der Waals surface area contributed by atoms with Crippen LogP contribution in [0.1, 0.15) is 5.69 Å². The molecule has 0 spiro atoms. The maximum atomic E-state index is 13.6. The smallest absolute Gasteiger partial charge is 0.455 e. The van der Waals surface area contributed by atoms with Gasteiger partial charge in [-0.25, -0.2) is 4.98 Å². The predicted octanol–water partition coefficient (Wildman–Crippen LogP) is 2.09. The minimum Gasteiger partial charge on any atom is -0.481 e. The second-order valence-corrected chi connectivity index (χ2v) is 6.71. The molecule has 172 valence electrons. The maximum absolute atomic E-state index is 13.6. The molecule has 4 radical (unpaired) electrons. The fraction of sp³-hybridized carbons (Fsp3) is 0.312. The summed E-state index contributed by atoms with van der Waals surface area (Å²) in [7, 11) is 10.0. The zero-order valence-corrected chi connectivity index (χ0v) is 15.8. The third kappa shape index (κ3) is 5.12. The van der Waals surface area contributed by atoms with E-state index in [1.807, 2.05) is 0 Å². The van der Waals surface area contributed by atoms with Gasteiger partial charge >= 0.3 is 18.3 Å². The first-order chi connectivity index (χ1) is 14.9. The van der Waals surface area contributed by atoms with Crippen molar-refractivity contribution < 1.29 is 45.0 Å². The Kier molecular flexibility index (Phi) is 5.76. The Hall–Kier alpha value is -3.10. The molecule has 0 aromatic carbocycles. The molecule has 0 saturated heterocycles. The topological polar surface area (TPSA) is 81.7 Å². The second kappa shape index (κ2) is 7.74. The molecule has 0 saturated carbocycles. The van der Waals surface area contributed by atoms with Crippen LogP contribution in [0.3, 0.4) is 0 Å². The van der Waals surface area contributed by atoms with Crippen molar-refractivity contribution in [3.63, 3.8) is 0 Å². The Labute approximate surface area is 180 Å². The van der Waals surface area contributed by atoms with Crippen LogP contribution in [-0.2, 0) is 12.7 Å². The molecule has 0 aliphatic heterocycles. The summed E-state index contributed by atoms with van der Waals surface area (Å²) >= 11 is 0. The van der Waals surface area contributed by atoms with Crippen LogP contribution in [0.25, 0.3) is 16.8 Å². The summed E-state index contributed by atoms with van der Waals surface area (Å²) in [5, 5.41) is 12.4. The first-order valence-corrected chi connectivity index (χ1v) is 8.49. The largest absolute Gasteiger partial charge is 0.481 e. The molecule has 7 nitrogen and oxygen atoms in total. The Morgan fingerprint density at radius 1 is 1.09 bits per heavy atom. The van der Waals surface area contributed by atoms with E-state index in [0.29, 0.717) is 16.8 Å². The van der Waals surface area contributed by atoms with Gasteiger partial charge in [0.25, 0.3) is 5.56 Å². The van der Waals surface area contributed by atoms with Crippen molar-refractivity contribution in [3.05, 3.63) is 46.8 Å². The number of rotatable bonds is 5. The first kappa shape index (κ1) is 24.5. The Morgan fingerprint density at radius 3 is 2.27 bits per heavy atom. The molecule has 33 heavy (non-hydrogen) atoms. The Morgan fingerprint density at radius 2 is 1.73 bits per heavy atom. The van der Waals surface area contributed by atoms with E-state index in [1.54, 1.807) is 0 Å². The summed E-state index contributed by atoms with van der Waals surface area (Å²) < 4.78 is 110. The van der Waals surface area contributed by atoms with Gasteiger partial charge in [0, 0.05) is 24.0 Å². The van der Waals surface area contributed by atoms with E-state index < -0.39 is 58.4 Å². The van der Waals surface area contributed by atoms with E-state index >= 15 is 0 Å². The molecule has 0 aliphatic carbocycles. The van der Waals surface area contributed by atoms with E-state index in [1.165, 1.54) is 0 Å². The number of ether oxygens (including phenoxy) is 1. The highest BCUT2D eigenvalue weighted by molar-refractivity contribution is 6.37. The molecule has 0 aliphatic rings. The molecule has 3 heterocycles. The van der Waals surface area contributed by atoms with Gasteiger partial charge in [0.15, 0.2) is 21.4 Å². The molecule has 0 bridgehead atoms. The first-order valence-electron chi connectivity index (χ1n) is 8.49. The van der Waals surface area contributed by atoms with E-state index in [0.717, 1.165) is 18.3 Å². The molecule has 0 unspecified atom stereocenters. The Balaban J connectivity index is 2.15. The average Bonchev–Trinajstić information content (AvgIpc) is 3.05. The molecule has 3 rings (SSSR count). The molecular formula is C16H8B2F8N4O3. The third-order valence-electron chi connectivity index (χ3n) is 4.05. The number of fused-ring (bicyclic) bond motifs is 1. The van der Waals surface area contributed by atoms with Gasteiger partial charge in [0.2, 0.25) is 0 Å². The summed E-state index contributed by atoms with van der Waals surface area (Å²) in [4.78, 5) is 16.1. The highest BCUT2D eigenvalue weighted by Gasteiger charge is 2.57. The van der Waals surface area contributed by atoms with Crippen molar-refractivity contribution in [3.8, 4) is 16.9 Å². The molecule has 1 N–H and O–H groups in total. The van der Waals surface area contributed by atoms with Crippen molar-refractivity contribution in [2.75, 3.05) is 0 Å². The summed E-state index contributed by atoms with van der Waals surface area (Å²) in [5.41, 5.74) is -8.30. The van der Waals surface area contributed by atoms with Crippen molar-refractivity contribution in [1.29, 1.82) is 0 Å². The van der Waals surface area contributed by atoms with Gasteiger partial charge in [0.1, 0.15) is 23.5 Å². The zero-order valence-electron chi connectivity index (χ0n) is 15.8. The van der Waals surface area contributed by atoms with Gasteiger partial charge in [-0.1, -0.05) is 0 Å². The van der Waals surface area contributed by atoms with Gasteiger partial charge in [-0.05, 0) is 6.07 Å². The molecule has 0 atom stereocenters. The number of aromatic nitrogens is 4. The van der Waals surface area contributed by atoms with Crippen LogP contribution in [0.5, 0.6) is 5.75 Å². The number of alkyl halides is 8. The minimum absolute atomic E-state index is 0.0531. The number of aliphatic hydroxyl groups is 1. The number of hydrogen-bond acceptors (Lipinski definition) is 5. The predicted molar refractivity (Wildman–Crippen MR) is 95.8 cm³/mol. The monoisotopic (exact) mass is 478 g/mol. The number of pyridine rings is 1. The molecule has 3 aromatic rings. The molecule has 3 aromatic heterocycles. The summed E-state index contributed by atoms with van der Waals surface area (Å²) in [6, 6.07) is 1.78. The SMILES string of the molecule is [B]C([B])(O)Oc1ccn2c(=O)c(-c3cnn(CC(F)(F)C(F)(F)F)c3)c(C(F)(F)F)nc2c1. The maximum Gasteiger partial charge on any atom is 0.455 e. The van der Waals surface area contributed by atoms with Crippen LogP contribution in [0, 0.1) is 0 Å². The van der Waals surface area contributed by atoms with Crippen LogP contribution in [-0.4, -0.2) is 57.6 Å². The fourth-order valence-corrected chi connectivity index (χ4v) is 2.71. The van der Waals surface area contributed by atoms with Crippen LogP contribution in [0.15, 0.2) is 35.5 Å². The van der Waals surface area contributed by atoms with Gasteiger partial charge in [-0.2, -0.15) is 40.2 Å². The highest BCUT2D eigenvalue weighted by Crippen LogP contribution is 2.38.